The molecule has 0 aliphatic carbocycles. The van der Waals surface area contributed by atoms with Crippen LogP contribution in [0.25, 0.3) is 0 Å². The maximum absolute atomic E-state index is 12.2. The van der Waals surface area contributed by atoms with Crippen molar-refractivity contribution in [3.05, 3.63) is 34.9 Å². The zero-order chi connectivity index (χ0) is 15.8. The van der Waals surface area contributed by atoms with E-state index >= 15 is 0 Å². The van der Waals surface area contributed by atoms with Crippen molar-refractivity contribution in [2.45, 2.75) is 32.4 Å². The average molecular weight is 330 g/mol. The minimum Gasteiger partial charge on any atom is -0.461 e. The summed E-state index contributed by atoms with van der Waals surface area (Å²) in [5.41, 5.74) is 0.464. The van der Waals surface area contributed by atoms with E-state index in [4.69, 9.17) is 16.3 Å². The van der Waals surface area contributed by atoms with E-state index in [1.807, 2.05) is 6.26 Å². The molecule has 0 unspecified atom stereocenters. The highest BCUT2D eigenvalue weighted by Crippen LogP contribution is 2.11. The topological polar surface area (TPSA) is 55.4 Å². The Morgan fingerprint density at radius 1 is 1.29 bits per heavy atom. The van der Waals surface area contributed by atoms with Gasteiger partial charge in [-0.25, -0.2) is 4.79 Å². The Morgan fingerprint density at radius 2 is 1.90 bits per heavy atom. The van der Waals surface area contributed by atoms with Crippen molar-refractivity contribution in [1.29, 1.82) is 0 Å². The second kappa shape index (κ2) is 8.95. The van der Waals surface area contributed by atoms with Gasteiger partial charge in [-0.3, -0.25) is 4.79 Å². The summed E-state index contributed by atoms with van der Waals surface area (Å²) in [6.07, 6.45) is 2.28. The van der Waals surface area contributed by atoms with Gasteiger partial charge in [-0.2, -0.15) is 11.8 Å². The van der Waals surface area contributed by atoms with Crippen LogP contribution >= 0.6 is 23.4 Å². The lowest BCUT2D eigenvalue weighted by molar-refractivity contribution is -0.149. The molecule has 1 rings (SSSR count). The zero-order valence-corrected chi connectivity index (χ0v) is 14.0. The molecule has 0 saturated heterocycles. The largest absolute Gasteiger partial charge is 0.461 e. The molecule has 0 aliphatic rings. The van der Waals surface area contributed by atoms with Crippen LogP contribution in [0, 0.1) is 0 Å². The van der Waals surface area contributed by atoms with E-state index in [0.29, 0.717) is 17.0 Å². The lowest BCUT2D eigenvalue weighted by Gasteiger charge is -2.19. The van der Waals surface area contributed by atoms with Gasteiger partial charge in [0.25, 0.3) is 5.91 Å². The first kappa shape index (κ1) is 17.9. The Morgan fingerprint density at radius 3 is 2.43 bits per heavy atom. The van der Waals surface area contributed by atoms with Crippen molar-refractivity contribution in [1.82, 2.24) is 5.32 Å². The van der Waals surface area contributed by atoms with Gasteiger partial charge in [-0.1, -0.05) is 11.6 Å². The summed E-state index contributed by atoms with van der Waals surface area (Å²) in [5, 5.41) is 3.28. The Bertz CT molecular complexity index is 476. The summed E-state index contributed by atoms with van der Waals surface area (Å²) >= 11 is 7.40. The number of rotatable bonds is 7. The van der Waals surface area contributed by atoms with Gasteiger partial charge < -0.3 is 10.1 Å². The van der Waals surface area contributed by atoms with Crippen LogP contribution in [0.5, 0.6) is 0 Å². The van der Waals surface area contributed by atoms with Gasteiger partial charge in [0, 0.05) is 10.6 Å². The minimum atomic E-state index is -0.636. The molecule has 0 aliphatic heterocycles. The molecule has 1 N–H and O–H groups in total. The lowest BCUT2D eigenvalue weighted by atomic mass is 10.1. The van der Waals surface area contributed by atoms with Crippen LogP contribution in [0.4, 0.5) is 0 Å². The third-order valence-electron chi connectivity index (χ3n) is 2.66. The molecule has 0 saturated carbocycles. The van der Waals surface area contributed by atoms with Gasteiger partial charge >= 0.3 is 5.97 Å². The Balaban J connectivity index is 2.72. The fraction of sp³-hybridized carbons (Fsp3) is 0.467. The van der Waals surface area contributed by atoms with Crippen LogP contribution < -0.4 is 5.32 Å². The summed E-state index contributed by atoms with van der Waals surface area (Å²) in [6.45, 7) is 3.56. The van der Waals surface area contributed by atoms with E-state index in [-0.39, 0.29) is 12.0 Å². The normalized spacial score (nSPS) is 12.0. The number of esters is 1. The monoisotopic (exact) mass is 329 g/mol. The number of carbonyl (C=O) groups is 2. The number of nitrogens with one attached hydrogen (secondary N) is 1. The van der Waals surface area contributed by atoms with Crippen LogP contribution in [-0.4, -0.2) is 36.0 Å². The number of halogens is 1. The highest BCUT2D eigenvalue weighted by molar-refractivity contribution is 7.98. The molecule has 1 amide bonds. The third-order valence-corrected chi connectivity index (χ3v) is 3.55. The molecule has 1 aromatic rings. The summed E-state index contributed by atoms with van der Waals surface area (Å²) in [6, 6.07) is 5.89. The van der Waals surface area contributed by atoms with Crippen LogP contribution in [0.2, 0.25) is 5.02 Å². The highest BCUT2D eigenvalue weighted by atomic mass is 35.5. The summed E-state index contributed by atoms with van der Waals surface area (Å²) < 4.78 is 5.18. The van der Waals surface area contributed by atoms with Gasteiger partial charge in [0.2, 0.25) is 0 Å². The Kier molecular flexibility index (Phi) is 7.61. The van der Waals surface area contributed by atoms with Crippen LogP contribution in [-0.2, 0) is 9.53 Å². The number of thioether (sulfide) groups is 1. The van der Waals surface area contributed by atoms with Gasteiger partial charge in [-0.15, -0.1) is 0 Å². The first-order valence-corrected chi connectivity index (χ1v) is 8.47. The molecule has 21 heavy (non-hydrogen) atoms. The van der Waals surface area contributed by atoms with Crippen LogP contribution in [0.15, 0.2) is 24.3 Å². The maximum atomic E-state index is 12.2. The standard InChI is InChI=1S/C15H20ClNO3S/c1-10(2)20-15(19)13(8-9-21-3)17-14(18)11-4-6-12(16)7-5-11/h4-7,10,13H,8-9H2,1-3H3,(H,17,18)/t13-/m0/s1. The first-order valence-electron chi connectivity index (χ1n) is 6.70. The number of hydrogen-bond acceptors (Lipinski definition) is 4. The zero-order valence-electron chi connectivity index (χ0n) is 12.4. The number of benzene rings is 1. The van der Waals surface area contributed by atoms with Crippen molar-refractivity contribution < 1.29 is 14.3 Å². The Hall–Kier alpha value is -1.20. The molecule has 0 heterocycles. The molecule has 0 bridgehead atoms. The number of carbonyl (C=O) groups excluding carboxylic acids is 2. The summed E-state index contributed by atoms with van der Waals surface area (Å²) in [7, 11) is 0. The van der Waals surface area contributed by atoms with Crippen LogP contribution in [0.3, 0.4) is 0 Å². The van der Waals surface area contributed by atoms with Gasteiger partial charge in [-0.05, 0) is 56.5 Å². The fourth-order valence-electron chi connectivity index (χ4n) is 1.64. The second-order valence-corrected chi connectivity index (χ2v) is 6.22. The molecule has 0 aromatic heterocycles. The molecule has 1 aromatic carbocycles. The molecule has 0 fully saturated rings. The Labute approximate surface area is 134 Å². The third kappa shape index (κ3) is 6.40. The fourth-order valence-corrected chi connectivity index (χ4v) is 2.24. The molecular formula is C15H20ClNO3S. The predicted octanol–water partition coefficient (Wildman–Crippen LogP) is 3.14. The van der Waals surface area contributed by atoms with Gasteiger partial charge in [0.05, 0.1) is 6.10 Å². The van der Waals surface area contributed by atoms with E-state index in [2.05, 4.69) is 5.32 Å². The average Bonchev–Trinajstić information content (AvgIpc) is 2.43. The van der Waals surface area contributed by atoms with E-state index < -0.39 is 12.0 Å². The molecule has 0 spiro atoms. The predicted molar refractivity (Wildman–Crippen MR) is 86.9 cm³/mol. The van der Waals surface area contributed by atoms with E-state index in [1.165, 1.54) is 0 Å². The van der Waals surface area contributed by atoms with Crippen LogP contribution in [0.1, 0.15) is 30.6 Å². The van der Waals surface area contributed by atoms with Crippen molar-refractivity contribution in [3.63, 3.8) is 0 Å². The maximum Gasteiger partial charge on any atom is 0.328 e. The summed E-state index contributed by atoms with van der Waals surface area (Å²) in [4.78, 5) is 24.2. The SMILES string of the molecule is CSCC[C@H](NC(=O)c1ccc(Cl)cc1)C(=O)OC(C)C. The lowest BCUT2D eigenvalue weighted by Crippen LogP contribution is -2.43. The number of amides is 1. The molecule has 0 radical (unpaired) electrons. The van der Waals surface area contributed by atoms with E-state index in [1.54, 1.807) is 49.9 Å². The quantitative estimate of drug-likeness (QED) is 0.781. The van der Waals surface area contributed by atoms with Crippen molar-refractivity contribution in [2.75, 3.05) is 12.0 Å². The minimum absolute atomic E-state index is 0.207. The van der Waals surface area contributed by atoms with Crippen molar-refractivity contribution in [2.24, 2.45) is 0 Å². The van der Waals surface area contributed by atoms with Crippen molar-refractivity contribution in [3.8, 4) is 0 Å². The molecule has 116 valence electrons. The highest BCUT2D eigenvalue weighted by Gasteiger charge is 2.23. The first-order chi connectivity index (χ1) is 9.93. The van der Waals surface area contributed by atoms with Gasteiger partial charge in [0.15, 0.2) is 0 Å². The molecule has 1 atom stereocenters. The second-order valence-electron chi connectivity index (χ2n) is 4.80. The van der Waals surface area contributed by atoms with Crippen molar-refractivity contribution >= 4 is 35.2 Å². The molecular weight excluding hydrogens is 310 g/mol. The smallest absolute Gasteiger partial charge is 0.328 e. The number of hydrogen-bond donors (Lipinski definition) is 1. The van der Waals surface area contributed by atoms with E-state index in [0.717, 1.165) is 5.75 Å². The molecule has 6 heteroatoms. The molecule has 4 nitrogen and oxygen atoms in total. The van der Waals surface area contributed by atoms with E-state index in [9.17, 15) is 9.59 Å². The number of ether oxygens (including phenoxy) is 1. The van der Waals surface area contributed by atoms with Gasteiger partial charge in [0.1, 0.15) is 6.04 Å². The summed E-state index contributed by atoms with van der Waals surface area (Å²) in [5.74, 6) is 0.0542.